The number of carbonyl (C=O) groups is 1. The maximum atomic E-state index is 13.5. The molecule has 0 saturated heterocycles. The van der Waals surface area contributed by atoms with Crippen LogP contribution in [0.15, 0.2) is 106 Å². The number of hydrogen-bond acceptors (Lipinski definition) is 3. The van der Waals surface area contributed by atoms with Crippen molar-refractivity contribution in [2.75, 3.05) is 0 Å². The molecule has 33 heavy (non-hydrogen) atoms. The third kappa shape index (κ3) is 4.59. The first-order valence-electron chi connectivity index (χ1n) is 10.7. The minimum atomic E-state index is -0.288. The molecule has 5 heteroatoms. The van der Waals surface area contributed by atoms with E-state index >= 15 is 0 Å². The lowest BCUT2D eigenvalue weighted by Crippen LogP contribution is -2.22. The highest BCUT2D eigenvalue weighted by molar-refractivity contribution is 7.99. The van der Waals surface area contributed by atoms with Gasteiger partial charge in [-0.1, -0.05) is 59.8 Å². The van der Waals surface area contributed by atoms with Gasteiger partial charge in [0.05, 0.1) is 11.4 Å². The van der Waals surface area contributed by atoms with E-state index in [0.29, 0.717) is 12.1 Å². The van der Waals surface area contributed by atoms with Crippen LogP contribution >= 0.6 is 11.8 Å². The fourth-order valence-corrected chi connectivity index (χ4v) is 4.82. The van der Waals surface area contributed by atoms with Crippen LogP contribution in [0.5, 0.6) is 0 Å². The van der Waals surface area contributed by atoms with E-state index in [-0.39, 0.29) is 11.7 Å². The molecule has 1 N–H and O–H groups in total. The Hall–Kier alpha value is -3.70. The van der Waals surface area contributed by atoms with Crippen LogP contribution < -0.4 is 5.32 Å². The predicted molar refractivity (Wildman–Crippen MR) is 131 cm³/mol. The van der Waals surface area contributed by atoms with E-state index in [1.54, 1.807) is 23.9 Å². The minimum Gasteiger partial charge on any atom is -0.348 e. The summed E-state index contributed by atoms with van der Waals surface area (Å²) in [4.78, 5) is 19.9. The normalized spacial score (nSPS) is 12.2. The Bertz CT molecular complexity index is 1380. The van der Waals surface area contributed by atoms with Crippen molar-refractivity contribution in [3.05, 3.63) is 125 Å². The van der Waals surface area contributed by atoms with Gasteiger partial charge in [0.2, 0.25) is 0 Å². The van der Waals surface area contributed by atoms with Crippen molar-refractivity contribution >= 4 is 29.1 Å². The Morgan fingerprint density at radius 2 is 1.73 bits per heavy atom. The summed E-state index contributed by atoms with van der Waals surface area (Å²) < 4.78 is 13.5. The summed E-state index contributed by atoms with van der Waals surface area (Å²) >= 11 is 1.62. The van der Waals surface area contributed by atoms with Crippen molar-refractivity contribution < 1.29 is 9.18 Å². The highest BCUT2D eigenvalue weighted by Gasteiger charge is 2.20. The average molecular weight is 453 g/mol. The summed E-state index contributed by atoms with van der Waals surface area (Å²) in [5.41, 5.74) is 6.05. The Morgan fingerprint density at radius 1 is 0.909 bits per heavy atom. The summed E-state index contributed by atoms with van der Waals surface area (Å²) in [5, 5.41) is 3.00. The van der Waals surface area contributed by atoms with Crippen LogP contribution in [0.2, 0.25) is 0 Å². The Labute approximate surface area is 196 Å². The van der Waals surface area contributed by atoms with E-state index in [1.807, 2.05) is 61.5 Å². The van der Waals surface area contributed by atoms with Gasteiger partial charge in [-0.15, -0.1) is 0 Å². The van der Waals surface area contributed by atoms with Gasteiger partial charge >= 0.3 is 0 Å². The highest BCUT2D eigenvalue weighted by atomic mass is 32.2. The summed E-state index contributed by atoms with van der Waals surface area (Å²) in [7, 11) is 0. The van der Waals surface area contributed by atoms with Gasteiger partial charge in [-0.3, -0.25) is 4.79 Å². The quantitative estimate of drug-likeness (QED) is 0.330. The van der Waals surface area contributed by atoms with E-state index in [9.17, 15) is 9.18 Å². The zero-order valence-corrected chi connectivity index (χ0v) is 18.8. The smallest absolute Gasteiger partial charge is 0.251 e. The molecule has 3 nitrogen and oxygen atoms in total. The van der Waals surface area contributed by atoms with Gasteiger partial charge in [0, 0.05) is 33.0 Å². The molecule has 1 aliphatic rings. The molecule has 0 spiro atoms. The molecule has 4 aromatic carbocycles. The van der Waals surface area contributed by atoms with Gasteiger partial charge in [-0.05, 0) is 61.0 Å². The molecule has 162 valence electrons. The standard InChI is InChI=1S/C28H21FN2OS/c1-18-5-4-6-19(15-18)17-30-28(32)21-11-14-26-24(16-21)31-27(20-9-12-22(29)13-10-20)23-7-2-3-8-25(23)33-26/h2-16H,17H2,1H3,(H,30,32). The topological polar surface area (TPSA) is 41.5 Å². The van der Waals surface area contributed by atoms with Crippen LogP contribution in [0.25, 0.3) is 0 Å². The van der Waals surface area contributed by atoms with Gasteiger partial charge < -0.3 is 5.32 Å². The van der Waals surface area contributed by atoms with E-state index < -0.39 is 0 Å². The Morgan fingerprint density at radius 3 is 2.55 bits per heavy atom. The number of nitrogens with one attached hydrogen (secondary N) is 1. The number of nitrogens with zero attached hydrogens (tertiary/aromatic N) is 1. The van der Waals surface area contributed by atoms with E-state index in [2.05, 4.69) is 17.4 Å². The number of rotatable bonds is 4. The van der Waals surface area contributed by atoms with Crippen molar-refractivity contribution in [3.8, 4) is 0 Å². The van der Waals surface area contributed by atoms with Crippen molar-refractivity contribution in [3.63, 3.8) is 0 Å². The highest BCUT2D eigenvalue weighted by Crippen LogP contribution is 2.41. The number of halogens is 1. The minimum absolute atomic E-state index is 0.149. The fraction of sp³-hybridized carbons (Fsp3) is 0.0714. The van der Waals surface area contributed by atoms with Crippen LogP contribution in [0, 0.1) is 12.7 Å². The number of aryl methyl sites for hydroxylation is 1. The van der Waals surface area contributed by atoms with Gasteiger partial charge in [0.15, 0.2) is 0 Å². The first kappa shape index (κ1) is 21.2. The molecule has 0 aliphatic carbocycles. The summed E-state index contributed by atoms with van der Waals surface area (Å²) in [6, 6.07) is 28.1. The lowest BCUT2D eigenvalue weighted by Gasteiger charge is -2.09. The van der Waals surface area contributed by atoms with Gasteiger partial charge in [0.1, 0.15) is 5.82 Å². The van der Waals surface area contributed by atoms with Crippen LogP contribution in [0.4, 0.5) is 10.1 Å². The summed E-state index contributed by atoms with van der Waals surface area (Å²) in [6.45, 7) is 2.49. The second-order valence-corrected chi connectivity index (χ2v) is 9.00. The molecule has 0 unspecified atom stereocenters. The summed E-state index contributed by atoms with van der Waals surface area (Å²) in [6.07, 6.45) is 0. The molecule has 0 bridgehead atoms. The number of fused-ring (bicyclic) bond motifs is 2. The van der Waals surface area contributed by atoms with Crippen molar-refractivity contribution in [2.45, 2.75) is 23.3 Å². The third-order valence-electron chi connectivity index (χ3n) is 5.47. The molecule has 1 amide bonds. The molecule has 0 saturated carbocycles. The van der Waals surface area contributed by atoms with Crippen LogP contribution in [-0.4, -0.2) is 11.6 Å². The second-order valence-electron chi connectivity index (χ2n) is 7.92. The molecule has 4 aromatic rings. The fourth-order valence-electron chi connectivity index (χ4n) is 3.82. The van der Waals surface area contributed by atoms with Gasteiger partial charge in [-0.2, -0.15) is 0 Å². The van der Waals surface area contributed by atoms with Crippen molar-refractivity contribution in [1.29, 1.82) is 0 Å². The van der Waals surface area contributed by atoms with Crippen LogP contribution in [0.3, 0.4) is 0 Å². The largest absolute Gasteiger partial charge is 0.348 e. The summed E-state index contributed by atoms with van der Waals surface area (Å²) in [5.74, 6) is -0.437. The van der Waals surface area contributed by atoms with E-state index in [1.165, 1.54) is 12.1 Å². The van der Waals surface area contributed by atoms with Crippen LogP contribution in [0.1, 0.15) is 32.6 Å². The number of aliphatic imine (C=N–C) groups is 1. The molecule has 0 radical (unpaired) electrons. The van der Waals surface area contributed by atoms with Crippen molar-refractivity contribution in [2.24, 2.45) is 4.99 Å². The monoisotopic (exact) mass is 452 g/mol. The first-order chi connectivity index (χ1) is 16.1. The molecule has 0 atom stereocenters. The lowest BCUT2D eigenvalue weighted by atomic mass is 10.0. The SMILES string of the molecule is Cc1cccc(CNC(=O)c2ccc3c(c2)N=C(c2ccc(F)cc2)c2ccccc2S3)c1. The van der Waals surface area contributed by atoms with E-state index in [0.717, 1.165) is 43.4 Å². The maximum absolute atomic E-state index is 13.5. The zero-order valence-electron chi connectivity index (χ0n) is 18.0. The van der Waals surface area contributed by atoms with Crippen molar-refractivity contribution in [1.82, 2.24) is 5.32 Å². The molecular formula is C28H21FN2OS. The molecule has 1 heterocycles. The lowest BCUT2D eigenvalue weighted by molar-refractivity contribution is 0.0951. The third-order valence-corrected chi connectivity index (χ3v) is 6.61. The number of benzene rings is 4. The molecular weight excluding hydrogens is 431 g/mol. The number of amides is 1. The average Bonchev–Trinajstić information content (AvgIpc) is 2.99. The molecule has 1 aliphatic heterocycles. The molecule has 5 rings (SSSR count). The second kappa shape index (κ2) is 9.04. The molecule has 0 aromatic heterocycles. The Kier molecular flexibility index (Phi) is 5.80. The first-order valence-corrected chi connectivity index (χ1v) is 11.5. The molecule has 0 fully saturated rings. The van der Waals surface area contributed by atoms with Crippen LogP contribution in [-0.2, 0) is 6.54 Å². The number of hydrogen-bond donors (Lipinski definition) is 1. The number of carbonyl (C=O) groups excluding carboxylic acids is 1. The zero-order chi connectivity index (χ0) is 22.8. The predicted octanol–water partition coefficient (Wildman–Crippen LogP) is 6.70. The van der Waals surface area contributed by atoms with E-state index in [4.69, 9.17) is 4.99 Å². The maximum Gasteiger partial charge on any atom is 0.251 e. The Balaban J connectivity index is 1.49. The van der Waals surface area contributed by atoms with Gasteiger partial charge in [0.25, 0.3) is 5.91 Å². The van der Waals surface area contributed by atoms with Gasteiger partial charge in [-0.25, -0.2) is 9.38 Å².